The standard InChI is InChI=1S/C14H21NO2S/c1-10(16)14-12(5-4-6-13(14)17-3)15(2)11-7-8-18-9-11/h4-6,10-11,16H,7-9H2,1-3H3/t10-,11?/m0/s1. The molecule has 1 aromatic carbocycles. The Kier molecular flexibility index (Phi) is 4.40. The highest BCUT2D eigenvalue weighted by molar-refractivity contribution is 7.99. The van der Waals surface area contributed by atoms with Crippen LogP contribution in [0.25, 0.3) is 0 Å². The molecule has 4 heteroatoms. The molecule has 0 radical (unpaired) electrons. The molecule has 0 aliphatic carbocycles. The minimum absolute atomic E-state index is 0.521. The predicted molar refractivity (Wildman–Crippen MR) is 77.8 cm³/mol. The van der Waals surface area contributed by atoms with E-state index in [4.69, 9.17) is 4.74 Å². The van der Waals surface area contributed by atoms with Crippen LogP contribution in [-0.4, -0.2) is 36.8 Å². The molecule has 0 aromatic heterocycles. The number of aliphatic hydroxyl groups is 1. The molecule has 1 N–H and O–H groups in total. The fraction of sp³-hybridized carbons (Fsp3) is 0.571. The minimum atomic E-state index is -0.521. The monoisotopic (exact) mass is 267 g/mol. The Morgan fingerprint density at radius 2 is 2.28 bits per heavy atom. The summed E-state index contributed by atoms with van der Waals surface area (Å²) in [6.45, 7) is 1.79. The van der Waals surface area contributed by atoms with E-state index in [1.807, 2.05) is 23.9 Å². The molecule has 100 valence electrons. The predicted octanol–water partition coefficient (Wildman–Crippen LogP) is 2.69. The molecule has 1 aromatic rings. The van der Waals surface area contributed by atoms with E-state index in [1.54, 1.807) is 14.0 Å². The highest BCUT2D eigenvalue weighted by Gasteiger charge is 2.24. The van der Waals surface area contributed by atoms with E-state index in [0.717, 1.165) is 22.8 Å². The van der Waals surface area contributed by atoms with Gasteiger partial charge in [0.2, 0.25) is 0 Å². The van der Waals surface area contributed by atoms with Crippen molar-refractivity contribution in [1.29, 1.82) is 0 Å². The van der Waals surface area contributed by atoms with E-state index in [1.165, 1.54) is 12.2 Å². The zero-order valence-electron chi connectivity index (χ0n) is 11.2. The maximum Gasteiger partial charge on any atom is 0.126 e. The van der Waals surface area contributed by atoms with Crippen LogP contribution in [0.2, 0.25) is 0 Å². The second-order valence-corrected chi connectivity index (χ2v) is 5.85. The first-order valence-corrected chi connectivity index (χ1v) is 7.46. The van der Waals surface area contributed by atoms with Gasteiger partial charge in [-0.2, -0.15) is 11.8 Å². The number of benzene rings is 1. The highest BCUT2D eigenvalue weighted by atomic mass is 32.2. The number of hydrogen-bond acceptors (Lipinski definition) is 4. The molecular weight excluding hydrogens is 246 g/mol. The molecule has 1 unspecified atom stereocenters. The number of nitrogens with zero attached hydrogens (tertiary/aromatic N) is 1. The van der Waals surface area contributed by atoms with Gasteiger partial charge in [0.05, 0.1) is 13.2 Å². The number of aliphatic hydroxyl groups excluding tert-OH is 1. The van der Waals surface area contributed by atoms with Gasteiger partial charge < -0.3 is 14.7 Å². The van der Waals surface area contributed by atoms with Crippen molar-refractivity contribution in [2.45, 2.75) is 25.5 Å². The van der Waals surface area contributed by atoms with Crippen LogP contribution in [-0.2, 0) is 0 Å². The van der Waals surface area contributed by atoms with Crippen molar-refractivity contribution in [3.05, 3.63) is 23.8 Å². The number of rotatable bonds is 4. The molecule has 1 saturated heterocycles. The van der Waals surface area contributed by atoms with Gasteiger partial charge in [0.25, 0.3) is 0 Å². The van der Waals surface area contributed by atoms with E-state index < -0.39 is 6.10 Å². The number of anilines is 1. The summed E-state index contributed by atoms with van der Waals surface area (Å²) >= 11 is 1.99. The fourth-order valence-electron chi connectivity index (χ4n) is 2.46. The summed E-state index contributed by atoms with van der Waals surface area (Å²) < 4.78 is 5.37. The molecule has 0 bridgehead atoms. The van der Waals surface area contributed by atoms with E-state index in [2.05, 4.69) is 18.0 Å². The number of hydrogen-bond donors (Lipinski definition) is 1. The van der Waals surface area contributed by atoms with Crippen LogP contribution in [0, 0.1) is 0 Å². The maximum atomic E-state index is 10.00. The molecule has 2 rings (SSSR count). The van der Waals surface area contributed by atoms with Crippen molar-refractivity contribution in [3.8, 4) is 5.75 Å². The third kappa shape index (κ3) is 2.59. The third-order valence-corrected chi connectivity index (χ3v) is 4.66. The molecule has 0 amide bonds. The van der Waals surface area contributed by atoms with Crippen LogP contribution >= 0.6 is 11.8 Å². The molecule has 1 heterocycles. The normalized spacial score (nSPS) is 20.8. The van der Waals surface area contributed by atoms with Gasteiger partial charge >= 0.3 is 0 Å². The Morgan fingerprint density at radius 1 is 1.50 bits per heavy atom. The molecule has 0 spiro atoms. The molecule has 3 nitrogen and oxygen atoms in total. The van der Waals surface area contributed by atoms with Crippen LogP contribution in [0.1, 0.15) is 25.0 Å². The van der Waals surface area contributed by atoms with Gasteiger partial charge in [0, 0.05) is 30.1 Å². The van der Waals surface area contributed by atoms with Crippen LogP contribution in [0.15, 0.2) is 18.2 Å². The van der Waals surface area contributed by atoms with Crippen molar-refractivity contribution in [2.75, 3.05) is 30.6 Å². The summed E-state index contributed by atoms with van der Waals surface area (Å²) in [6, 6.07) is 6.51. The van der Waals surface area contributed by atoms with Crippen molar-refractivity contribution in [2.24, 2.45) is 0 Å². The molecule has 1 aliphatic rings. The quantitative estimate of drug-likeness (QED) is 0.909. The van der Waals surface area contributed by atoms with Gasteiger partial charge in [-0.05, 0) is 31.2 Å². The van der Waals surface area contributed by atoms with Crippen molar-refractivity contribution < 1.29 is 9.84 Å². The van der Waals surface area contributed by atoms with E-state index >= 15 is 0 Å². The largest absolute Gasteiger partial charge is 0.496 e. The lowest BCUT2D eigenvalue weighted by atomic mass is 10.0. The first kappa shape index (κ1) is 13.6. The first-order valence-electron chi connectivity index (χ1n) is 6.30. The molecule has 18 heavy (non-hydrogen) atoms. The Bertz CT molecular complexity index is 403. The average Bonchev–Trinajstić information content (AvgIpc) is 2.90. The number of ether oxygens (including phenoxy) is 1. The first-order chi connectivity index (χ1) is 8.65. The Morgan fingerprint density at radius 3 is 2.83 bits per heavy atom. The topological polar surface area (TPSA) is 32.7 Å². The lowest BCUT2D eigenvalue weighted by Gasteiger charge is -2.29. The molecule has 2 atom stereocenters. The summed E-state index contributed by atoms with van der Waals surface area (Å²) in [4.78, 5) is 2.28. The van der Waals surface area contributed by atoms with Crippen molar-refractivity contribution in [1.82, 2.24) is 0 Å². The van der Waals surface area contributed by atoms with E-state index in [0.29, 0.717) is 6.04 Å². The van der Waals surface area contributed by atoms with Crippen LogP contribution in [0.4, 0.5) is 5.69 Å². The zero-order valence-corrected chi connectivity index (χ0v) is 12.0. The molecule has 1 fully saturated rings. The second-order valence-electron chi connectivity index (χ2n) is 4.70. The smallest absolute Gasteiger partial charge is 0.126 e. The van der Waals surface area contributed by atoms with Crippen LogP contribution in [0.3, 0.4) is 0 Å². The summed E-state index contributed by atoms with van der Waals surface area (Å²) in [7, 11) is 3.76. The van der Waals surface area contributed by atoms with E-state index in [9.17, 15) is 5.11 Å². The van der Waals surface area contributed by atoms with Gasteiger partial charge in [0.1, 0.15) is 5.75 Å². The third-order valence-electron chi connectivity index (χ3n) is 3.51. The average molecular weight is 267 g/mol. The van der Waals surface area contributed by atoms with Gasteiger partial charge in [-0.1, -0.05) is 6.07 Å². The molecular formula is C14H21NO2S. The van der Waals surface area contributed by atoms with Crippen molar-refractivity contribution in [3.63, 3.8) is 0 Å². The maximum absolute atomic E-state index is 10.00. The van der Waals surface area contributed by atoms with Gasteiger partial charge in [-0.15, -0.1) is 0 Å². The minimum Gasteiger partial charge on any atom is -0.496 e. The fourth-order valence-corrected chi connectivity index (χ4v) is 3.73. The van der Waals surface area contributed by atoms with Crippen molar-refractivity contribution >= 4 is 17.4 Å². The van der Waals surface area contributed by atoms with Crippen LogP contribution < -0.4 is 9.64 Å². The lowest BCUT2D eigenvalue weighted by molar-refractivity contribution is 0.194. The lowest BCUT2D eigenvalue weighted by Crippen LogP contribution is -2.32. The van der Waals surface area contributed by atoms with E-state index in [-0.39, 0.29) is 0 Å². The Hall–Kier alpha value is -0.870. The highest BCUT2D eigenvalue weighted by Crippen LogP contribution is 2.36. The molecule has 1 aliphatic heterocycles. The number of methoxy groups -OCH3 is 1. The number of thioether (sulfide) groups is 1. The Labute approximate surface area is 113 Å². The summed E-state index contributed by atoms with van der Waals surface area (Å²) in [5.41, 5.74) is 1.97. The second kappa shape index (κ2) is 5.85. The molecule has 0 saturated carbocycles. The SMILES string of the molecule is COc1cccc(N(C)C2CCSC2)c1[C@H](C)O. The summed E-state index contributed by atoms with van der Waals surface area (Å²) in [5, 5.41) is 10.00. The summed E-state index contributed by atoms with van der Waals surface area (Å²) in [5.74, 6) is 3.15. The van der Waals surface area contributed by atoms with Gasteiger partial charge in [-0.3, -0.25) is 0 Å². The van der Waals surface area contributed by atoms with Gasteiger partial charge in [0.15, 0.2) is 0 Å². The van der Waals surface area contributed by atoms with Crippen LogP contribution in [0.5, 0.6) is 5.75 Å². The van der Waals surface area contributed by atoms with Gasteiger partial charge in [-0.25, -0.2) is 0 Å². The Balaban J connectivity index is 2.36. The summed E-state index contributed by atoms with van der Waals surface area (Å²) in [6.07, 6.45) is 0.685. The zero-order chi connectivity index (χ0) is 13.1.